The van der Waals surface area contributed by atoms with Crippen molar-refractivity contribution in [1.82, 2.24) is 15.5 Å². The molecule has 0 bridgehead atoms. The summed E-state index contributed by atoms with van der Waals surface area (Å²) >= 11 is 0. The highest BCUT2D eigenvalue weighted by molar-refractivity contribution is 5.82. The van der Waals surface area contributed by atoms with Crippen molar-refractivity contribution in [2.24, 2.45) is 5.92 Å². The molecule has 0 saturated heterocycles. The highest BCUT2D eigenvalue weighted by atomic mass is 16.5. The van der Waals surface area contributed by atoms with Crippen molar-refractivity contribution in [2.45, 2.75) is 64.5 Å². The van der Waals surface area contributed by atoms with E-state index in [1.807, 2.05) is 24.3 Å². The first-order chi connectivity index (χ1) is 12.1. The number of ether oxygens (including phenoxy) is 1. The van der Waals surface area contributed by atoms with Gasteiger partial charge in [-0.3, -0.25) is 9.89 Å². The number of aromatic nitrogens is 2. The van der Waals surface area contributed by atoms with Gasteiger partial charge in [0.15, 0.2) is 0 Å². The van der Waals surface area contributed by atoms with Crippen LogP contribution < -0.4 is 5.32 Å². The first kappa shape index (κ1) is 17.9. The number of hydrogen-bond donors (Lipinski definition) is 2. The second-order valence-electron chi connectivity index (χ2n) is 7.50. The molecule has 1 fully saturated rings. The molecular weight excluding hydrogens is 314 g/mol. The molecule has 3 rings (SSSR count). The SMILES string of the molecule is CC(C)CO[C@@H]1CCC[C@H](NC(=O)CCc2[nH]nc3ccccc23)C1. The van der Waals surface area contributed by atoms with Gasteiger partial charge in [0.2, 0.25) is 5.91 Å². The largest absolute Gasteiger partial charge is 0.378 e. The number of carbonyl (C=O) groups is 1. The van der Waals surface area contributed by atoms with Gasteiger partial charge < -0.3 is 10.1 Å². The molecule has 0 aliphatic heterocycles. The van der Waals surface area contributed by atoms with Crippen LogP contribution in [0.3, 0.4) is 0 Å². The third-order valence-corrected chi connectivity index (χ3v) is 4.80. The smallest absolute Gasteiger partial charge is 0.220 e. The summed E-state index contributed by atoms with van der Waals surface area (Å²) in [6.07, 6.45) is 5.69. The summed E-state index contributed by atoms with van der Waals surface area (Å²) in [7, 11) is 0. The molecule has 1 aliphatic carbocycles. The van der Waals surface area contributed by atoms with Gasteiger partial charge in [0.1, 0.15) is 0 Å². The zero-order valence-corrected chi connectivity index (χ0v) is 15.3. The van der Waals surface area contributed by atoms with Crippen LogP contribution >= 0.6 is 0 Å². The summed E-state index contributed by atoms with van der Waals surface area (Å²) < 4.78 is 5.96. The van der Waals surface area contributed by atoms with Gasteiger partial charge in [-0.25, -0.2) is 0 Å². The average Bonchev–Trinajstić information content (AvgIpc) is 3.02. The number of aromatic amines is 1. The fourth-order valence-electron chi connectivity index (χ4n) is 3.50. The Morgan fingerprint density at radius 1 is 1.36 bits per heavy atom. The highest BCUT2D eigenvalue weighted by Crippen LogP contribution is 2.22. The van der Waals surface area contributed by atoms with E-state index in [0.29, 0.717) is 18.8 Å². The lowest BCUT2D eigenvalue weighted by atomic mass is 9.92. The predicted octanol–water partition coefficient (Wildman–Crippen LogP) is 3.60. The first-order valence-corrected chi connectivity index (χ1v) is 9.44. The first-order valence-electron chi connectivity index (χ1n) is 9.44. The van der Waals surface area contributed by atoms with E-state index in [9.17, 15) is 4.79 Å². The Bertz CT molecular complexity index is 695. The van der Waals surface area contributed by atoms with Crippen LogP contribution in [0.2, 0.25) is 0 Å². The molecule has 2 atom stereocenters. The molecular formula is C20H29N3O2. The third kappa shape index (κ3) is 5.05. The van der Waals surface area contributed by atoms with Crippen LogP contribution in [0.15, 0.2) is 24.3 Å². The van der Waals surface area contributed by atoms with E-state index in [2.05, 4.69) is 29.4 Å². The predicted molar refractivity (Wildman–Crippen MR) is 99.4 cm³/mol. The zero-order chi connectivity index (χ0) is 17.6. The van der Waals surface area contributed by atoms with E-state index < -0.39 is 0 Å². The number of amides is 1. The average molecular weight is 343 g/mol. The number of fused-ring (bicyclic) bond motifs is 1. The van der Waals surface area contributed by atoms with Crippen molar-refractivity contribution in [3.63, 3.8) is 0 Å². The van der Waals surface area contributed by atoms with E-state index in [1.54, 1.807) is 0 Å². The van der Waals surface area contributed by atoms with Gasteiger partial charge in [-0.05, 0) is 44.1 Å². The van der Waals surface area contributed by atoms with E-state index in [1.165, 1.54) is 0 Å². The van der Waals surface area contributed by atoms with Crippen molar-refractivity contribution in [3.8, 4) is 0 Å². The molecule has 25 heavy (non-hydrogen) atoms. The maximum atomic E-state index is 12.3. The topological polar surface area (TPSA) is 67.0 Å². The van der Waals surface area contributed by atoms with Crippen molar-refractivity contribution < 1.29 is 9.53 Å². The Labute approximate surface area is 149 Å². The molecule has 136 valence electrons. The molecule has 2 aromatic rings. The van der Waals surface area contributed by atoms with Crippen molar-refractivity contribution >= 4 is 16.8 Å². The summed E-state index contributed by atoms with van der Waals surface area (Å²) in [5.74, 6) is 0.674. The Morgan fingerprint density at radius 3 is 3.04 bits per heavy atom. The number of benzene rings is 1. The summed E-state index contributed by atoms with van der Waals surface area (Å²) in [4.78, 5) is 12.3. The van der Waals surface area contributed by atoms with Crippen LogP contribution in [0.5, 0.6) is 0 Å². The van der Waals surface area contributed by atoms with E-state index in [-0.39, 0.29) is 18.1 Å². The summed E-state index contributed by atoms with van der Waals surface area (Å²) in [6.45, 7) is 5.14. The normalized spacial score (nSPS) is 20.9. The Hall–Kier alpha value is -1.88. The van der Waals surface area contributed by atoms with Crippen LogP contribution in [0.25, 0.3) is 10.9 Å². The number of aryl methyl sites for hydroxylation is 1. The molecule has 1 aromatic carbocycles. The second-order valence-corrected chi connectivity index (χ2v) is 7.50. The van der Waals surface area contributed by atoms with Crippen LogP contribution in [0, 0.1) is 5.92 Å². The number of nitrogens with zero attached hydrogens (tertiary/aromatic N) is 1. The molecule has 1 heterocycles. The molecule has 0 unspecified atom stereocenters. The van der Waals surface area contributed by atoms with Crippen molar-refractivity contribution in [2.75, 3.05) is 6.61 Å². The molecule has 1 amide bonds. The van der Waals surface area contributed by atoms with Gasteiger partial charge in [-0.2, -0.15) is 5.10 Å². The molecule has 1 aromatic heterocycles. The lowest BCUT2D eigenvalue weighted by Gasteiger charge is -2.30. The number of nitrogens with one attached hydrogen (secondary N) is 2. The monoisotopic (exact) mass is 343 g/mol. The number of carbonyl (C=O) groups excluding carboxylic acids is 1. The lowest BCUT2D eigenvalue weighted by molar-refractivity contribution is -0.122. The lowest BCUT2D eigenvalue weighted by Crippen LogP contribution is -2.40. The Morgan fingerprint density at radius 2 is 2.20 bits per heavy atom. The molecule has 2 N–H and O–H groups in total. The zero-order valence-electron chi connectivity index (χ0n) is 15.3. The van der Waals surface area contributed by atoms with E-state index in [4.69, 9.17) is 4.74 Å². The number of para-hydroxylation sites is 1. The second kappa shape index (κ2) is 8.48. The van der Waals surface area contributed by atoms with Crippen LogP contribution in [0.1, 0.15) is 51.6 Å². The van der Waals surface area contributed by atoms with Crippen LogP contribution in [-0.2, 0) is 16.0 Å². The minimum absolute atomic E-state index is 0.119. The fraction of sp³-hybridized carbons (Fsp3) is 0.600. The van der Waals surface area contributed by atoms with Crippen LogP contribution in [0.4, 0.5) is 0 Å². The highest BCUT2D eigenvalue weighted by Gasteiger charge is 2.24. The molecule has 1 saturated carbocycles. The third-order valence-electron chi connectivity index (χ3n) is 4.80. The molecule has 5 nitrogen and oxygen atoms in total. The fourth-order valence-corrected chi connectivity index (χ4v) is 3.50. The summed E-state index contributed by atoms with van der Waals surface area (Å²) in [6, 6.07) is 8.25. The van der Waals surface area contributed by atoms with Gasteiger partial charge in [0, 0.05) is 30.1 Å². The molecule has 0 spiro atoms. The van der Waals surface area contributed by atoms with Crippen LogP contribution in [-0.4, -0.2) is 34.9 Å². The molecule has 5 heteroatoms. The van der Waals surface area contributed by atoms with Gasteiger partial charge >= 0.3 is 0 Å². The van der Waals surface area contributed by atoms with E-state index in [0.717, 1.165) is 48.9 Å². The minimum Gasteiger partial charge on any atom is -0.378 e. The standard InChI is InChI=1S/C20H29N3O2/c1-14(2)13-25-16-7-5-6-15(12-16)21-20(24)11-10-19-17-8-3-4-9-18(17)22-23-19/h3-4,8-9,14-16H,5-7,10-13H2,1-2H3,(H,21,24)(H,22,23)/t15-,16+/m0/s1. The maximum absolute atomic E-state index is 12.3. The Kier molecular flexibility index (Phi) is 6.08. The summed E-state index contributed by atoms with van der Waals surface area (Å²) in [5.41, 5.74) is 1.99. The van der Waals surface area contributed by atoms with Gasteiger partial charge in [0.25, 0.3) is 0 Å². The van der Waals surface area contributed by atoms with Crippen molar-refractivity contribution in [1.29, 1.82) is 0 Å². The maximum Gasteiger partial charge on any atom is 0.220 e. The minimum atomic E-state index is 0.119. The van der Waals surface area contributed by atoms with Gasteiger partial charge in [0.05, 0.1) is 11.6 Å². The number of hydrogen-bond acceptors (Lipinski definition) is 3. The summed E-state index contributed by atoms with van der Waals surface area (Å²) in [5, 5.41) is 11.6. The van der Waals surface area contributed by atoms with Gasteiger partial charge in [-0.15, -0.1) is 0 Å². The Balaban J connectivity index is 1.46. The molecule has 0 radical (unpaired) electrons. The van der Waals surface area contributed by atoms with Gasteiger partial charge in [-0.1, -0.05) is 32.0 Å². The number of H-pyrrole nitrogens is 1. The molecule has 1 aliphatic rings. The van der Waals surface area contributed by atoms with Crippen molar-refractivity contribution in [3.05, 3.63) is 30.0 Å². The van der Waals surface area contributed by atoms with E-state index >= 15 is 0 Å². The number of rotatable bonds is 7. The quantitative estimate of drug-likeness (QED) is 0.807.